The first kappa shape index (κ1) is 26.2. The van der Waals surface area contributed by atoms with Gasteiger partial charge in [-0.25, -0.2) is 19.3 Å². The number of para-hydroxylation sites is 1. The van der Waals surface area contributed by atoms with Crippen LogP contribution in [0.4, 0.5) is 0 Å². The van der Waals surface area contributed by atoms with Gasteiger partial charge in [0.2, 0.25) is 5.88 Å². The van der Waals surface area contributed by atoms with Crippen LogP contribution in [0.1, 0.15) is 29.5 Å². The number of hydrogen-bond acceptors (Lipinski definition) is 9. The average Bonchev–Trinajstić information content (AvgIpc) is 3.41. The number of methoxy groups -OCH3 is 1. The second-order valence-electron chi connectivity index (χ2n) is 9.44. The van der Waals surface area contributed by atoms with Crippen molar-refractivity contribution in [2.24, 2.45) is 0 Å². The zero-order valence-corrected chi connectivity index (χ0v) is 24.3. The largest absolute Gasteiger partial charge is 0.493 e. The lowest BCUT2D eigenvalue weighted by molar-refractivity contribution is -0.132. The summed E-state index contributed by atoms with van der Waals surface area (Å²) in [6.45, 7) is 1.30. The molecule has 1 unspecified atom stereocenters. The highest BCUT2D eigenvalue weighted by atomic mass is 79.9. The summed E-state index contributed by atoms with van der Waals surface area (Å²) in [7, 11) is 1.46. The van der Waals surface area contributed by atoms with E-state index in [-0.39, 0.29) is 22.9 Å². The third-order valence-electron chi connectivity index (χ3n) is 6.91. The maximum absolute atomic E-state index is 13.7. The second kappa shape index (κ2) is 9.97. The molecular formula is C30H18BrClN4O6. The number of benzene rings is 3. The van der Waals surface area contributed by atoms with E-state index in [1.165, 1.54) is 24.9 Å². The van der Waals surface area contributed by atoms with Gasteiger partial charge >= 0.3 is 11.6 Å². The van der Waals surface area contributed by atoms with Gasteiger partial charge in [-0.3, -0.25) is 4.79 Å². The highest BCUT2D eigenvalue weighted by Gasteiger charge is 2.38. The highest BCUT2D eigenvalue weighted by molar-refractivity contribution is 9.10. The second-order valence-corrected chi connectivity index (χ2v) is 10.7. The predicted molar refractivity (Wildman–Crippen MR) is 157 cm³/mol. The number of aromatic nitrogens is 4. The molecule has 0 bridgehead atoms. The maximum Gasteiger partial charge on any atom is 0.344 e. The fourth-order valence-electron chi connectivity index (χ4n) is 5.17. The van der Waals surface area contributed by atoms with E-state index in [2.05, 4.69) is 26.0 Å². The van der Waals surface area contributed by atoms with Crippen molar-refractivity contribution < 1.29 is 23.4 Å². The van der Waals surface area contributed by atoms with Crippen molar-refractivity contribution in [1.29, 1.82) is 0 Å². The quantitative estimate of drug-likeness (QED) is 0.120. The Morgan fingerprint density at radius 1 is 1.10 bits per heavy atom. The normalized spacial score (nSPS) is 13.9. The van der Waals surface area contributed by atoms with Gasteiger partial charge in [0.15, 0.2) is 28.7 Å². The molecule has 0 fully saturated rings. The van der Waals surface area contributed by atoms with Crippen molar-refractivity contribution in [2.75, 3.05) is 7.11 Å². The van der Waals surface area contributed by atoms with Gasteiger partial charge in [-0.15, -0.1) is 5.10 Å². The van der Waals surface area contributed by atoms with Crippen LogP contribution in [-0.4, -0.2) is 32.7 Å². The zero-order valence-electron chi connectivity index (χ0n) is 21.9. The fraction of sp³-hybridized carbons (Fsp3) is 0.100. The fourth-order valence-corrected chi connectivity index (χ4v) is 5.93. The van der Waals surface area contributed by atoms with E-state index >= 15 is 0 Å². The number of carbonyl (C=O) groups is 1. The van der Waals surface area contributed by atoms with Gasteiger partial charge < -0.3 is 18.6 Å². The minimum atomic E-state index is -0.791. The van der Waals surface area contributed by atoms with Gasteiger partial charge in [-0.05, 0) is 57.9 Å². The molecule has 0 amide bonds. The molecule has 7 rings (SSSR count). The number of nitrogens with zero attached hydrogens (tertiary/aromatic N) is 4. The van der Waals surface area contributed by atoms with Crippen molar-refractivity contribution >= 4 is 50.1 Å². The Hall–Kier alpha value is -4.74. The summed E-state index contributed by atoms with van der Waals surface area (Å²) < 4.78 is 25.0. The van der Waals surface area contributed by atoms with E-state index in [9.17, 15) is 9.59 Å². The Balaban J connectivity index is 1.55. The van der Waals surface area contributed by atoms with Crippen LogP contribution < -0.4 is 19.8 Å². The number of halogens is 2. The monoisotopic (exact) mass is 644 g/mol. The summed E-state index contributed by atoms with van der Waals surface area (Å²) in [5.74, 6) is 0.0981. The Bertz CT molecular complexity index is 2140. The molecule has 0 aliphatic carbocycles. The molecule has 1 aliphatic rings. The Labute approximate surface area is 250 Å². The first-order valence-corrected chi connectivity index (χ1v) is 13.8. The molecule has 0 saturated carbocycles. The summed E-state index contributed by atoms with van der Waals surface area (Å²) in [5.41, 5.74) is 2.13. The van der Waals surface area contributed by atoms with Crippen LogP contribution in [0.15, 0.2) is 80.7 Å². The lowest BCUT2D eigenvalue weighted by atomic mass is 9.84. The summed E-state index contributed by atoms with van der Waals surface area (Å²) in [6.07, 6.45) is 1.50. The van der Waals surface area contributed by atoms with Crippen LogP contribution in [-0.2, 0) is 4.79 Å². The lowest BCUT2D eigenvalue weighted by Crippen LogP contribution is -2.22. The predicted octanol–water partition coefficient (Wildman–Crippen LogP) is 6.53. The van der Waals surface area contributed by atoms with Crippen LogP contribution in [0, 0.1) is 0 Å². The third-order valence-corrected chi connectivity index (χ3v) is 7.83. The molecule has 0 N–H and O–H groups in total. The summed E-state index contributed by atoms with van der Waals surface area (Å²) in [4.78, 5) is 34.9. The smallest absolute Gasteiger partial charge is 0.344 e. The molecule has 1 aliphatic heterocycles. The molecule has 208 valence electrons. The minimum absolute atomic E-state index is 0.201. The minimum Gasteiger partial charge on any atom is -0.493 e. The van der Waals surface area contributed by atoms with E-state index in [1.54, 1.807) is 30.3 Å². The third kappa shape index (κ3) is 4.12. The molecular weight excluding hydrogens is 628 g/mol. The average molecular weight is 646 g/mol. The van der Waals surface area contributed by atoms with E-state index < -0.39 is 17.5 Å². The molecule has 4 heterocycles. The lowest BCUT2D eigenvalue weighted by Gasteiger charge is -2.28. The van der Waals surface area contributed by atoms with Crippen molar-refractivity contribution in [3.8, 4) is 34.5 Å². The molecule has 10 nitrogen and oxygen atoms in total. The topological polar surface area (TPSA) is 118 Å². The molecule has 3 aromatic carbocycles. The van der Waals surface area contributed by atoms with E-state index in [0.717, 1.165) is 0 Å². The van der Waals surface area contributed by atoms with Gasteiger partial charge in [-0.2, -0.15) is 0 Å². The van der Waals surface area contributed by atoms with Gasteiger partial charge in [-0.1, -0.05) is 35.9 Å². The van der Waals surface area contributed by atoms with Crippen LogP contribution in [0.25, 0.3) is 28.0 Å². The molecule has 0 radical (unpaired) electrons. The Kier molecular flexibility index (Phi) is 6.21. The van der Waals surface area contributed by atoms with Crippen LogP contribution in [0.5, 0.6) is 23.1 Å². The zero-order chi connectivity index (χ0) is 29.1. The van der Waals surface area contributed by atoms with E-state index in [4.69, 9.17) is 35.2 Å². The molecule has 6 aromatic rings. The van der Waals surface area contributed by atoms with E-state index in [0.29, 0.717) is 54.4 Å². The van der Waals surface area contributed by atoms with Crippen molar-refractivity contribution in [1.82, 2.24) is 19.6 Å². The molecule has 1 atom stereocenters. The van der Waals surface area contributed by atoms with Crippen molar-refractivity contribution in [2.45, 2.75) is 12.8 Å². The summed E-state index contributed by atoms with van der Waals surface area (Å²) in [6, 6.07) is 17.8. The highest BCUT2D eigenvalue weighted by Crippen LogP contribution is 2.51. The van der Waals surface area contributed by atoms with Crippen molar-refractivity contribution in [3.63, 3.8) is 0 Å². The summed E-state index contributed by atoms with van der Waals surface area (Å²) in [5, 5.41) is 5.70. The number of fused-ring (bicyclic) bond motifs is 6. The van der Waals surface area contributed by atoms with Gasteiger partial charge in [0.1, 0.15) is 11.9 Å². The standard InChI is InChI=1S/C30H18BrClN4O6/c1-14(37)40-26-18(31)11-15(12-21(26)39-2)22-23-25(17-8-4-6-10-20(17)41-30(23)38)42-29-24(22)28-34-27(35-36(28)13-33-29)16-7-3-5-9-19(16)32/h3-13,22H,1-2H3. The van der Waals surface area contributed by atoms with Gasteiger partial charge in [0, 0.05) is 12.5 Å². The molecule has 12 heteroatoms. The molecule has 3 aromatic heterocycles. The molecule has 0 spiro atoms. The maximum atomic E-state index is 13.7. The number of carbonyl (C=O) groups excluding carboxylic acids is 1. The number of rotatable bonds is 4. The Morgan fingerprint density at radius 3 is 2.67 bits per heavy atom. The summed E-state index contributed by atoms with van der Waals surface area (Å²) >= 11 is 9.97. The van der Waals surface area contributed by atoms with E-state index in [1.807, 2.05) is 30.3 Å². The first-order valence-electron chi connectivity index (χ1n) is 12.6. The Morgan fingerprint density at radius 2 is 1.88 bits per heavy atom. The van der Waals surface area contributed by atoms with Crippen LogP contribution in [0.3, 0.4) is 0 Å². The van der Waals surface area contributed by atoms with Crippen LogP contribution >= 0.6 is 27.5 Å². The SMILES string of the molecule is COc1cc(C2c3c(c4ccccc4oc3=O)Oc3ncn4nc(-c5ccccc5Cl)nc4c32)cc(Br)c1OC(C)=O. The van der Waals surface area contributed by atoms with Crippen molar-refractivity contribution in [3.05, 3.63) is 104 Å². The molecule has 0 saturated heterocycles. The molecule has 42 heavy (non-hydrogen) atoms. The van der Waals surface area contributed by atoms with Gasteiger partial charge in [0.05, 0.1) is 39.0 Å². The van der Waals surface area contributed by atoms with Crippen LogP contribution in [0.2, 0.25) is 5.02 Å². The number of esters is 1. The van der Waals surface area contributed by atoms with Gasteiger partial charge in [0.25, 0.3) is 0 Å². The number of hydrogen-bond donors (Lipinski definition) is 0. The first-order chi connectivity index (χ1) is 20.3. The number of ether oxygens (including phenoxy) is 3.